The van der Waals surface area contributed by atoms with Crippen LogP contribution in [0.25, 0.3) is 0 Å². The van der Waals surface area contributed by atoms with Crippen LogP contribution in [0, 0.1) is 0 Å². The van der Waals surface area contributed by atoms with Gasteiger partial charge in [-0.2, -0.15) is 0 Å². The third-order valence-corrected chi connectivity index (χ3v) is 0. The molecule has 0 radical (unpaired) electrons. The molecule has 56 valence electrons. The first-order valence-electron chi connectivity index (χ1n) is 0. The Labute approximate surface area is 58.6 Å². The summed E-state index contributed by atoms with van der Waals surface area (Å²) in [6.45, 7) is 0. The fraction of sp³-hybridized carbons (Fsp3) is 0. The Bertz CT molecular complexity index is 4.35. The smallest absolute Gasteiger partial charge is 0.412 e. The average molecular weight is 191 g/mol. The second-order valence-electron chi connectivity index (χ2n) is 0. The summed E-state index contributed by atoms with van der Waals surface area (Å²) in [5.41, 5.74) is 0. The van der Waals surface area contributed by atoms with E-state index < -0.39 is 0 Å². The topological polar surface area (TPSA) is 220 Å². The Morgan fingerprint density at radius 2 is 0.250 bits per heavy atom. The quantitative estimate of drug-likeness (QED) is 0.326. The van der Waals surface area contributed by atoms with Crippen LogP contribution >= 0.6 is 0 Å². The second kappa shape index (κ2) is 2510. The van der Waals surface area contributed by atoms with E-state index in [-0.39, 0.29) is 57.8 Å². The predicted octanol–water partition coefficient (Wildman–Crippen LogP) is -5.78. The van der Waals surface area contributed by atoms with Crippen molar-refractivity contribution in [3.63, 3.8) is 0 Å². The van der Waals surface area contributed by atoms with Crippen LogP contribution < -0.4 is 0 Å². The normalized spacial score (nSPS) is 0. The molecular formula is H14O7Zn+2. The van der Waals surface area contributed by atoms with Gasteiger partial charge in [0, 0.05) is 0 Å². The zero-order valence-corrected chi connectivity index (χ0v) is 7.17. The summed E-state index contributed by atoms with van der Waals surface area (Å²) in [6, 6.07) is 0. The molecule has 7 nitrogen and oxygen atoms in total. The van der Waals surface area contributed by atoms with Crippen LogP contribution in [0.15, 0.2) is 0 Å². The van der Waals surface area contributed by atoms with Crippen molar-refractivity contribution in [1.29, 1.82) is 0 Å². The maximum absolute atomic E-state index is 0. The SMILES string of the molecule is O.O.O.O.O.O.O.[Zn+2]. The molecule has 0 aliphatic heterocycles. The van der Waals surface area contributed by atoms with Crippen molar-refractivity contribution < 1.29 is 57.8 Å². The van der Waals surface area contributed by atoms with Gasteiger partial charge < -0.3 is 38.3 Å². The Kier molecular flexibility index (Phi) is 1200000. The molecule has 8 heteroatoms. The van der Waals surface area contributed by atoms with E-state index in [0.717, 1.165) is 0 Å². The molecule has 0 heterocycles. The summed E-state index contributed by atoms with van der Waals surface area (Å²) in [5, 5.41) is 0. The first-order valence-corrected chi connectivity index (χ1v) is 0. The minimum absolute atomic E-state index is 0. The van der Waals surface area contributed by atoms with E-state index in [4.69, 9.17) is 0 Å². The second-order valence-corrected chi connectivity index (χ2v) is 0. The van der Waals surface area contributed by atoms with Crippen molar-refractivity contribution in [2.24, 2.45) is 0 Å². The van der Waals surface area contributed by atoms with Gasteiger partial charge >= 0.3 is 19.5 Å². The summed E-state index contributed by atoms with van der Waals surface area (Å²) < 4.78 is 0. The first-order chi connectivity index (χ1) is 0. The van der Waals surface area contributed by atoms with Gasteiger partial charge in [0.05, 0.1) is 0 Å². The van der Waals surface area contributed by atoms with E-state index in [1.54, 1.807) is 0 Å². The summed E-state index contributed by atoms with van der Waals surface area (Å²) in [4.78, 5) is 0. The van der Waals surface area contributed by atoms with E-state index in [1.807, 2.05) is 0 Å². The first kappa shape index (κ1) is 3820. The van der Waals surface area contributed by atoms with Crippen molar-refractivity contribution in [3.05, 3.63) is 0 Å². The van der Waals surface area contributed by atoms with E-state index >= 15 is 0 Å². The van der Waals surface area contributed by atoms with Crippen LogP contribution in [-0.4, -0.2) is 38.3 Å². The Hall–Kier alpha value is 0.343. The summed E-state index contributed by atoms with van der Waals surface area (Å²) in [7, 11) is 0. The molecule has 0 amide bonds. The van der Waals surface area contributed by atoms with Gasteiger partial charge in [0.15, 0.2) is 0 Å². The Morgan fingerprint density at radius 1 is 0.250 bits per heavy atom. The monoisotopic (exact) mass is 190 g/mol. The number of hydrogen-bond donors (Lipinski definition) is 0. The third-order valence-electron chi connectivity index (χ3n) is 0. The van der Waals surface area contributed by atoms with Gasteiger partial charge in [0.2, 0.25) is 0 Å². The molecule has 0 spiro atoms. The summed E-state index contributed by atoms with van der Waals surface area (Å²) >= 11 is 0. The number of rotatable bonds is 0. The average Bonchev–Trinajstić information content (AvgIpc) is 0. The molecule has 0 aliphatic carbocycles. The number of hydrogen-bond acceptors (Lipinski definition) is 0. The molecule has 0 aromatic heterocycles. The van der Waals surface area contributed by atoms with Crippen LogP contribution in [0.1, 0.15) is 0 Å². The minimum Gasteiger partial charge on any atom is -0.412 e. The van der Waals surface area contributed by atoms with Crippen molar-refractivity contribution in [2.45, 2.75) is 0 Å². The van der Waals surface area contributed by atoms with Crippen molar-refractivity contribution in [1.82, 2.24) is 0 Å². The van der Waals surface area contributed by atoms with Gasteiger partial charge in [-0.1, -0.05) is 0 Å². The van der Waals surface area contributed by atoms with E-state index in [1.165, 1.54) is 0 Å². The molecule has 0 unspecified atom stereocenters. The zero-order valence-electron chi connectivity index (χ0n) is 4.21. The third kappa shape index (κ3) is 1540. The molecule has 8 heavy (non-hydrogen) atoms. The molecule has 14 N–H and O–H groups in total. The molecule has 0 saturated heterocycles. The van der Waals surface area contributed by atoms with Crippen LogP contribution in [0.5, 0.6) is 0 Å². The molecule has 0 aliphatic rings. The van der Waals surface area contributed by atoms with Crippen LogP contribution in [-0.2, 0) is 19.5 Å². The Balaban J connectivity index is 0. The molecule has 0 fully saturated rings. The molecule has 0 rings (SSSR count). The van der Waals surface area contributed by atoms with Gasteiger partial charge in [-0.05, 0) is 0 Å². The maximum atomic E-state index is 0. The van der Waals surface area contributed by atoms with Gasteiger partial charge in [0.25, 0.3) is 0 Å². The molecule has 0 saturated carbocycles. The standard InChI is InChI=1S/7H2O.Zn/h7*1H2;/q;;;;;;;+2. The zero-order chi connectivity index (χ0) is 0. The van der Waals surface area contributed by atoms with Crippen LogP contribution in [0.3, 0.4) is 0 Å². The molecule has 0 atom stereocenters. The van der Waals surface area contributed by atoms with E-state index in [0.29, 0.717) is 0 Å². The fourth-order valence-corrected chi connectivity index (χ4v) is 0. The largest absolute Gasteiger partial charge is 2.00 e. The molecule has 0 aromatic rings. The van der Waals surface area contributed by atoms with Gasteiger partial charge in [-0.15, -0.1) is 0 Å². The van der Waals surface area contributed by atoms with Crippen LogP contribution in [0.4, 0.5) is 0 Å². The van der Waals surface area contributed by atoms with E-state index in [9.17, 15) is 0 Å². The van der Waals surface area contributed by atoms with Gasteiger partial charge in [-0.25, -0.2) is 0 Å². The fourth-order valence-electron chi connectivity index (χ4n) is 0. The Morgan fingerprint density at radius 3 is 0.250 bits per heavy atom. The van der Waals surface area contributed by atoms with Gasteiger partial charge in [0.1, 0.15) is 0 Å². The van der Waals surface area contributed by atoms with Crippen LogP contribution in [0.2, 0.25) is 0 Å². The minimum atomic E-state index is 0. The molecule has 0 aromatic carbocycles. The molecule has 0 bridgehead atoms. The predicted molar refractivity (Wildman–Crippen MR) is 25.3 cm³/mol. The summed E-state index contributed by atoms with van der Waals surface area (Å²) in [6.07, 6.45) is 0. The van der Waals surface area contributed by atoms with Crippen molar-refractivity contribution in [2.75, 3.05) is 0 Å². The van der Waals surface area contributed by atoms with Gasteiger partial charge in [-0.3, -0.25) is 0 Å². The van der Waals surface area contributed by atoms with E-state index in [2.05, 4.69) is 0 Å². The molecular weight excluding hydrogens is 177 g/mol. The summed E-state index contributed by atoms with van der Waals surface area (Å²) in [5.74, 6) is 0. The van der Waals surface area contributed by atoms with Crippen molar-refractivity contribution >= 4 is 0 Å². The maximum Gasteiger partial charge on any atom is 2.00 e. The van der Waals surface area contributed by atoms with Crippen molar-refractivity contribution in [3.8, 4) is 0 Å².